The van der Waals surface area contributed by atoms with E-state index in [2.05, 4.69) is 15.9 Å². The Kier molecular flexibility index (Phi) is 4.02. The highest BCUT2D eigenvalue weighted by molar-refractivity contribution is 9.10. The third kappa shape index (κ3) is 2.56. The summed E-state index contributed by atoms with van der Waals surface area (Å²) in [7, 11) is 0. The summed E-state index contributed by atoms with van der Waals surface area (Å²) in [6, 6.07) is 10.5. The molecule has 0 bridgehead atoms. The van der Waals surface area contributed by atoms with E-state index in [-0.39, 0.29) is 5.82 Å². The van der Waals surface area contributed by atoms with Crippen LogP contribution in [0.5, 0.6) is 5.75 Å². The van der Waals surface area contributed by atoms with Gasteiger partial charge in [-0.3, -0.25) is 0 Å². The largest absolute Gasteiger partial charge is 0.494 e. The first-order valence-electron chi connectivity index (χ1n) is 5.81. The zero-order valence-electron chi connectivity index (χ0n) is 10.3. The second kappa shape index (κ2) is 5.53. The molecule has 0 saturated carbocycles. The van der Waals surface area contributed by atoms with Crippen molar-refractivity contribution in [3.8, 4) is 16.9 Å². The zero-order valence-corrected chi connectivity index (χ0v) is 11.9. The number of hydrogen-bond donors (Lipinski definition) is 0. The molecule has 0 fully saturated rings. The van der Waals surface area contributed by atoms with Crippen LogP contribution in [-0.2, 0) is 0 Å². The van der Waals surface area contributed by atoms with Crippen LogP contribution < -0.4 is 4.74 Å². The molecule has 0 atom stereocenters. The first-order valence-corrected chi connectivity index (χ1v) is 6.60. The summed E-state index contributed by atoms with van der Waals surface area (Å²) in [4.78, 5) is 0. The van der Waals surface area contributed by atoms with Crippen LogP contribution in [0.4, 0.5) is 4.39 Å². The molecule has 94 valence electrons. The van der Waals surface area contributed by atoms with Crippen molar-refractivity contribution in [1.29, 1.82) is 0 Å². The third-order valence-electron chi connectivity index (χ3n) is 2.70. The lowest BCUT2D eigenvalue weighted by atomic mass is 10.0. The second-order valence-electron chi connectivity index (χ2n) is 4.01. The zero-order chi connectivity index (χ0) is 13.1. The fraction of sp³-hybridized carbons (Fsp3) is 0.200. The molecule has 2 aromatic carbocycles. The molecule has 0 radical (unpaired) electrons. The second-order valence-corrected chi connectivity index (χ2v) is 4.81. The molecule has 0 heterocycles. The molecule has 3 heteroatoms. The van der Waals surface area contributed by atoms with Gasteiger partial charge in [0.25, 0.3) is 0 Å². The monoisotopic (exact) mass is 308 g/mol. The smallest absolute Gasteiger partial charge is 0.131 e. The van der Waals surface area contributed by atoms with Crippen molar-refractivity contribution < 1.29 is 9.13 Å². The highest BCUT2D eigenvalue weighted by Crippen LogP contribution is 2.35. The van der Waals surface area contributed by atoms with Crippen LogP contribution in [0.1, 0.15) is 12.5 Å². The predicted octanol–water partition coefficient (Wildman–Crippen LogP) is 4.96. The Bertz CT molecular complexity index is 566. The Morgan fingerprint density at radius 2 is 1.89 bits per heavy atom. The van der Waals surface area contributed by atoms with E-state index in [4.69, 9.17) is 4.74 Å². The molecular weight excluding hydrogens is 295 g/mol. The lowest BCUT2D eigenvalue weighted by Crippen LogP contribution is -1.94. The molecule has 0 unspecified atom stereocenters. The SMILES string of the molecule is CCOc1cc(C)c(Br)c(-c2ccccc2F)c1. The van der Waals surface area contributed by atoms with Crippen molar-refractivity contribution in [1.82, 2.24) is 0 Å². The minimum absolute atomic E-state index is 0.230. The van der Waals surface area contributed by atoms with E-state index in [0.717, 1.165) is 21.3 Å². The number of aryl methyl sites for hydroxylation is 1. The van der Waals surface area contributed by atoms with Gasteiger partial charge in [-0.2, -0.15) is 0 Å². The van der Waals surface area contributed by atoms with E-state index in [9.17, 15) is 4.39 Å². The predicted molar refractivity (Wildman–Crippen MR) is 75.4 cm³/mol. The molecular formula is C15H14BrFO. The summed E-state index contributed by atoms with van der Waals surface area (Å²) in [5, 5.41) is 0. The van der Waals surface area contributed by atoms with E-state index in [1.807, 2.05) is 32.0 Å². The van der Waals surface area contributed by atoms with Crippen LogP contribution in [-0.4, -0.2) is 6.61 Å². The minimum Gasteiger partial charge on any atom is -0.494 e. The summed E-state index contributed by atoms with van der Waals surface area (Å²) in [6.07, 6.45) is 0. The molecule has 0 aromatic heterocycles. The number of benzene rings is 2. The van der Waals surface area contributed by atoms with E-state index in [1.165, 1.54) is 6.07 Å². The minimum atomic E-state index is -0.230. The normalized spacial score (nSPS) is 10.4. The molecule has 0 saturated heterocycles. The summed E-state index contributed by atoms with van der Waals surface area (Å²) >= 11 is 3.51. The summed E-state index contributed by atoms with van der Waals surface area (Å²) in [5.41, 5.74) is 2.42. The van der Waals surface area contributed by atoms with Gasteiger partial charge in [-0.15, -0.1) is 0 Å². The van der Waals surface area contributed by atoms with Gasteiger partial charge in [0.1, 0.15) is 11.6 Å². The Hall–Kier alpha value is -1.35. The van der Waals surface area contributed by atoms with Gasteiger partial charge in [0.2, 0.25) is 0 Å². The molecule has 0 aliphatic heterocycles. The lowest BCUT2D eigenvalue weighted by molar-refractivity contribution is 0.340. The van der Waals surface area contributed by atoms with Crippen LogP contribution in [0.2, 0.25) is 0 Å². The number of ether oxygens (including phenoxy) is 1. The molecule has 2 rings (SSSR count). The van der Waals surface area contributed by atoms with Crippen LogP contribution in [0.3, 0.4) is 0 Å². The Labute approximate surface area is 115 Å². The van der Waals surface area contributed by atoms with Crippen molar-refractivity contribution in [2.45, 2.75) is 13.8 Å². The molecule has 18 heavy (non-hydrogen) atoms. The van der Waals surface area contributed by atoms with Gasteiger partial charge in [-0.1, -0.05) is 18.2 Å². The van der Waals surface area contributed by atoms with Crippen molar-refractivity contribution in [3.63, 3.8) is 0 Å². The molecule has 1 nitrogen and oxygen atoms in total. The van der Waals surface area contributed by atoms with Crippen molar-refractivity contribution >= 4 is 15.9 Å². The van der Waals surface area contributed by atoms with Gasteiger partial charge in [0.05, 0.1) is 6.61 Å². The summed E-state index contributed by atoms with van der Waals surface area (Å²) in [5.74, 6) is 0.530. The number of rotatable bonds is 3. The highest BCUT2D eigenvalue weighted by atomic mass is 79.9. The molecule has 0 aliphatic carbocycles. The van der Waals surface area contributed by atoms with E-state index in [1.54, 1.807) is 12.1 Å². The Morgan fingerprint density at radius 1 is 1.17 bits per heavy atom. The molecule has 0 N–H and O–H groups in total. The average Bonchev–Trinajstić information content (AvgIpc) is 2.35. The number of halogens is 2. The van der Waals surface area contributed by atoms with Crippen LogP contribution in [0.25, 0.3) is 11.1 Å². The van der Waals surface area contributed by atoms with Crippen LogP contribution in [0.15, 0.2) is 40.9 Å². The van der Waals surface area contributed by atoms with E-state index >= 15 is 0 Å². The van der Waals surface area contributed by atoms with Gasteiger partial charge in [-0.25, -0.2) is 4.39 Å². The maximum Gasteiger partial charge on any atom is 0.131 e. The average molecular weight is 309 g/mol. The standard InChI is InChI=1S/C15H14BrFO/c1-3-18-11-8-10(2)15(16)13(9-11)12-6-4-5-7-14(12)17/h4-9H,3H2,1-2H3. The quantitative estimate of drug-likeness (QED) is 0.778. The van der Waals surface area contributed by atoms with Gasteiger partial charge in [-0.05, 0) is 53.5 Å². The Morgan fingerprint density at radius 3 is 2.56 bits per heavy atom. The van der Waals surface area contributed by atoms with Gasteiger partial charge in [0, 0.05) is 15.6 Å². The van der Waals surface area contributed by atoms with Crippen molar-refractivity contribution in [3.05, 3.63) is 52.3 Å². The Balaban J connectivity index is 2.59. The number of hydrogen-bond acceptors (Lipinski definition) is 1. The molecule has 2 aromatic rings. The molecule has 0 aliphatic rings. The highest BCUT2D eigenvalue weighted by Gasteiger charge is 2.11. The first kappa shape index (κ1) is 13.1. The van der Waals surface area contributed by atoms with Gasteiger partial charge in [0.15, 0.2) is 0 Å². The summed E-state index contributed by atoms with van der Waals surface area (Å²) < 4.78 is 20.2. The van der Waals surface area contributed by atoms with Crippen LogP contribution >= 0.6 is 15.9 Å². The lowest BCUT2D eigenvalue weighted by Gasteiger charge is -2.12. The maximum atomic E-state index is 13.8. The molecule has 0 spiro atoms. The topological polar surface area (TPSA) is 9.23 Å². The maximum absolute atomic E-state index is 13.8. The van der Waals surface area contributed by atoms with Gasteiger partial charge >= 0.3 is 0 Å². The first-order chi connectivity index (χ1) is 8.63. The third-order valence-corrected chi connectivity index (χ3v) is 3.76. The summed E-state index contributed by atoms with van der Waals surface area (Å²) in [6.45, 7) is 4.49. The van der Waals surface area contributed by atoms with Gasteiger partial charge < -0.3 is 4.74 Å². The van der Waals surface area contributed by atoms with Crippen molar-refractivity contribution in [2.24, 2.45) is 0 Å². The fourth-order valence-corrected chi connectivity index (χ4v) is 2.30. The van der Waals surface area contributed by atoms with E-state index < -0.39 is 0 Å². The fourth-order valence-electron chi connectivity index (χ4n) is 1.86. The molecule has 0 amide bonds. The van der Waals surface area contributed by atoms with E-state index in [0.29, 0.717) is 12.2 Å². The van der Waals surface area contributed by atoms with Crippen LogP contribution in [0, 0.1) is 12.7 Å². The van der Waals surface area contributed by atoms with Crippen molar-refractivity contribution in [2.75, 3.05) is 6.61 Å².